The molecule has 2 nitrogen and oxygen atoms in total. The van der Waals surface area contributed by atoms with Crippen molar-refractivity contribution in [1.82, 2.24) is 4.90 Å². The van der Waals surface area contributed by atoms with E-state index in [9.17, 15) is 0 Å². The summed E-state index contributed by atoms with van der Waals surface area (Å²) in [5.74, 6) is 0. The smallest absolute Gasteiger partial charge is 0.0714 e. The Labute approximate surface area is 152 Å². The van der Waals surface area contributed by atoms with Gasteiger partial charge in [0.15, 0.2) is 0 Å². The van der Waals surface area contributed by atoms with E-state index >= 15 is 0 Å². The second kappa shape index (κ2) is 8.75. The monoisotopic (exact) mass is 334 g/mol. The molecule has 0 bridgehead atoms. The van der Waals surface area contributed by atoms with Crippen LogP contribution >= 0.6 is 0 Å². The van der Waals surface area contributed by atoms with E-state index < -0.39 is 0 Å². The lowest BCUT2D eigenvalue weighted by molar-refractivity contribution is 0.370. The van der Waals surface area contributed by atoms with Crippen molar-refractivity contribution in [3.8, 4) is 0 Å². The Morgan fingerprint density at radius 1 is 1.12 bits per heavy atom. The Kier molecular flexibility index (Phi) is 6.16. The van der Waals surface area contributed by atoms with Gasteiger partial charge >= 0.3 is 0 Å². The fourth-order valence-corrected chi connectivity index (χ4v) is 3.59. The first-order chi connectivity index (χ1) is 12.3. The van der Waals surface area contributed by atoms with Crippen LogP contribution in [0.4, 0.5) is 5.69 Å². The van der Waals surface area contributed by atoms with Gasteiger partial charge in [0.05, 0.1) is 6.04 Å². The van der Waals surface area contributed by atoms with E-state index in [0.717, 1.165) is 12.8 Å². The molecule has 3 rings (SSSR count). The number of benzene rings is 2. The van der Waals surface area contributed by atoms with Crippen LogP contribution in [0.2, 0.25) is 0 Å². The van der Waals surface area contributed by atoms with Crippen LogP contribution in [0.5, 0.6) is 0 Å². The average molecular weight is 335 g/mol. The quantitative estimate of drug-likeness (QED) is 0.689. The van der Waals surface area contributed by atoms with E-state index in [4.69, 9.17) is 0 Å². The highest BCUT2D eigenvalue weighted by Gasteiger charge is 2.17. The van der Waals surface area contributed by atoms with Gasteiger partial charge in [-0.2, -0.15) is 0 Å². The second-order valence-electron chi connectivity index (χ2n) is 7.01. The molecule has 0 aliphatic carbocycles. The first kappa shape index (κ1) is 17.6. The van der Waals surface area contributed by atoms with Gasteiger partial charge < -0.3 is 10.2 Å². The fourth-order valence-electron chi connectivity index (χ4n) is 3.59. The standard InChI is InChI=1S/C23H30N2/c1-3-10-20-14-7-8-15-22(20)24-23(21-12-5-4-6-13-21)16-18-25-17-9-11-19(25)2/h4-8,12-16,18-19,23-24H,3,9-11,17H2,1-2H3/b18-16+/t19-,23+/m1/s1. The zero-order chi connectivity index (χ0) is 17.5. The molecule has 132 valence electrons. The van der Waals surface area contributed by atoms with Crippen LogP contribution < -0.4 is 5.32 Å². The van der Waals surface area contributed by atoms with Gasteiger partial charge in [-0.15, -0.1) is 0 Å². The molecule has 0 spiro atoms. The molecule has 1 heterocycles. The van der Waals surface area contributed by atoms with Gasteiger partial charge in [-0.3, -0.25) is 0 Å². The van der Waals surface area contributed by atoms with Crippen molar-refractivity contribution in [3.63, 3.8) is 0 Å². The van der Waals surface area contributed by atoms with Crippen LogP contribution in [0, 0.1) is 0 Å². The van der Waals surface area contributed by atoms with Crippen molar-refractivity contribution >= 4 is 5.69 Å². The molecule has 0 unspecified atom stereocenters. The zero-order valence-electron chi connectivity index (χ0n) is 15.5. The third-order valence-corrected chi connectivity index (χ3v) is 5.08. The molecule has 2 heteroatoms. The molecule has 2 aromatic rings. The Morgan fingerprint density at radius 2 is 1.88 bits per heavy atom. The molecule has 0 aromatic heterocycles. The van der Waals surface area contributed by atoms with Gasteiger partial charge in [0.2, 0.25) is 0 Å². The third-order valence-electron chi connectivity index (χ3n) is 5.08. The van der Waals surface area contributed by atoms with E-state index in [-0.39, 0.29) is 6.04 Å². The number of nitrogens with one attached hydrogen (secondary N) is 1. The SMILES string of the molecule is CCCc1ccccc1N[C@@H](/C=C/N1CCC[C@H]1C)c1ccccc1. The predicted molar refractivity (Wildman–Crippen MR) is 108 cm³/mol. The van der Waals surface area contributed by atoms with E-state index in [1.54, 1.807) is 0 Å². The number of likely N-dealkylation sites (tertiary alicyclic amines) is 1. The van der Waals surface area contributed by atoms with Crippen LogP contribution in [0.3, 0.4) is 0 Å². The highest BCUT2D eigenvalue weighted by molar-refractivity contribution is 5.53. The van der Waals surface area contributed by atoms with Crippen molar-refractivity contribution in [1.29, 1.82) is 0 Å². The van der Waals surface area contributed by atoms with Crippen molar-refractivity contribution in [3.05, 3.63) is 78.0 Å². The summed E-state index contributed by atoms with van der Waals surface area (Å²) in [5.41, 5.74) is 3.95. The van der Waals surface area contributed by atoms with Gasteiger partial charge in [-0.05, 0) is 55.7 Å². The molecule has 2 aromatic carbocycles. The summed E-state index contributed by atoms with van der Waals surface area (Å²) in [6, 6.07) is 20.3. The molecule has 1 saturated heterocycles. The van der Waals surface area contributed by atoms with Crippen molar-refractivity contribution in [2.24, 2.45) is 0 Å². The third kappa shape index (κ3) is 4.66. The Hall–Kier alpha value is -2.22. The number of hydrogen-bond donors (Lipinski definition) is 1. The molecule has 25 heavy (non-hydrogen) atoms. The fraction of sp³-hybridized carbons (Fsp3) is 0.391. The van der Waals surface area contributed by atoms with Crippen molar-refractivity contribution in [2.75, 3.05) is 11.9 Å². The summed E-state index contributed by atoms with van der Waals surface area (Å²) in [7, 11) is 0. The number of anilines is 1. The first-order valence-corrected chi connectivity index (χ1v) is 9.61. The molecule has 0 saturated carbocycles. The van der Waals surface area contributed by atoms with Gasteiger partial charge in [-0.25, -0.2) is 0 Å². The number of nitrogens with zero attached hydrogens (tertiary/aromatic N) is 1. The topological polar surface area (TPSA) is 15.3 Å². The number of rotatable bonds is 7. The van der Waals surface area contributed by atoms with Gasteiger partial charge in [0, 0.05) is 18.3 Å². The summed E-state index contributed by atoms with van der Waals surface area (Å²) in [5, 5.41) is 3.77. The minimum atomic E-state index is 0.187. The van der Waals surface area contributed by atoms with Crippen LogP contribution in [0.25, 0.3) is 0 Å². The van der Waals surface area contributed by atoms with E-state index in [1.165, 1.54) is 36.2 Å². The van der Waals surface area contributed by atoms with Crippen molar-refractivity contribution in [2.45, 2.75) is 51.6 Å². The number of para-hydroxylation sites is 1. The molecular formula is C23H30N2. The Morgan fingerprint density at radius 3 is 2.60 bits per heavy atom. The Balaban J connectivity index is 1.83. The summed E-state index contributed by atoms with van der Waals surface area (Å²) in [4.78, 5) is 2.47. The van der Waals surface area contributed by atoms with Crippen LogP contribution in [0.15, 0.2) is 66.9 Å². The second-order valence-corrected chi connectivity index (χ2v) is 7.01. The highest BCUT2D eigenvalue weighted by Crippen LogP contribution is 2.26. The van der Waals surface area contributed by atoms with E-state index in [0.29, 0.717) is 6.04 Å². The maximum absolute atomic E-state index is 3.77. The molecule has 2 atom stereocenters. The van der Waals surface area contributed by atoms with E-state index in [2.05, 4.69) is 90.9 Å². The van der Waals surface area contributed by atoms with Crippen molar-refractivity contribution < 1.29 is 0 Å². The molecule has 1 fully saturated rings. The van der Waals surface area contributed by atoms with Crippen LogP contribution in [0.1, 0.15) is 50.3 Å². The molecule has 0 radical (unpaired) electrons. The van der Waals surface area contributed by atoms with Crippen LogP contribution in [-0.4, -0.2) is 17.5 Å². The minimum absolute atomic E-state index is 0.187. The number of hydrogen-bond acceptors (Lipinski definition) is 2. The zero-order valence-corrected chi connectivity index (χ0v) is 15.5. The Bertz CT molecular complexity index is 678. The van der Waals surface area contributed by atoms with Gasteiger partial charge in [0.25, 0.3) is 0 Å². The predicted octanol–water partition coefficient (Wildman–Crippen LogP) is 5.79. The maximum atomic E-state index is 3.77. The number of aryl methyl sites for hydroxylation is 1. The molecule has 1 aliphatic rings. The van der Waals surface area contributed by atoms with Crippen LogP contribution in [-0.2, 0) is 6.42 Å². The summed E-state index contributed by atoms with van der Waals surface area (Å²) >= 11 is 0. The molecule has 0 amide bonds. The summed E-state index contributed by atoms with van der Waals surface area (Å²) in [6.07, 6.45) is 9.49. The minimum Gasteiger partial charge on any atom is -0.375 e. The lowest BCUT2D eigenvalue weighted by Gasteiger charge is -2.23. The summed E-state index contributed by atoms with van der Waals surface area (Å²) < 4.78 is 0. The molecule has 1 aliphatic heterocycles. The summed E-state index contributed by atoms with van der Waals surface area (Å²) in [6.45, 7) is 5.73. The maximum Gasteiger partial charge on any atom is 0.0714 e. The molecular weight excluding hydrogens is 304 g/mol. The normalized spacial score (nSPS) is 18.6. The first-order valence-electron chi connectivity index (χ1n) is 9.61. The van der Waals surface area contributed by atoms with E-state index in [1.807, 2.05) is 0 Å². The average Bonchev–Trinajstić information content (AvgIpc) is 3.06. The van der Waals surface area contributed by atoms with Gasteiger partial charge in [-0.1, -0.05) is 61.9 Å². The molecule has 1 N–H and O–H groups in total. The van der Waals surface area contributed by atoms with Gasteiger partial charge in [0.1, 0.15) is 0 Å². The lowest BCUT2D eigenvalue weighted by Crippen LogP contribution is -2.21. The highest BCUT2D eigenvalue weighted by atomic mass is 15.2. The largest absolute Gasteiger partial charge is 0.375 e. The lowest BCUT2D eigenvalue weighted by atomic mass is 10.0.